The summed E-state index contributed by atoms with van der Waals surface area (Å²) in [4.78, 5) is 27.9. The zero-order chi connectivity index (χ0) is 11.6. The van der Waals surface area contributed by atoms with Gasteiger partial charge >= 0.3 is 7.60 Å². The van der Waals surface area contributed by atoms with E-state index in [2.05, 4.69) is 0 Å². The molecule has 14 heavy (non-hydrogen) atoms. The molecule has 2 N–H and O–H groups in total. The maximum Gasteiger partial charge on any atom is 0.325 e. The van der Waals surface area contributed by atoms with Gasteiger partial charge in [0.05, 0.1) is 33.3 Å². The fourth-order valence-electron chi connectivity index (χ4n) is 1.11. The summed E-state index contributed by atoms with van der Waals surface area (Å²) in [6.45, 7) is 0. The molecule has 0 rings (SSSR count). The number of quaternary nitrogens is 1. The van der Waals surface area contributed by atoms with Gasteiger partial charge < -0.3 is 24.2 Å². The Morgan fingerprint density at radius 3 is 2.07 bits per heavy atom. The van der Waals surface area contributed by atoms with Crippen molar-refractivity contribution in [3.63, 3.8) is 0 Å². The number of rotatable bonds is 5. The van der Waals surface area contributed by atoms with Gasteiger partial charge in [0.1, 0.15) is 6.04 Å². The summed E-state index contributed by atoms with van der Waals surface area (Å²) in [6.07, 6.45) is -0.517. The Labute approximate surface area is 82.9 Å². The van der Waals surface area contributed by atoms with E-state index in [1.807, 2.05) is 0 Å². The van der Waals surface area contributed by atoms with Crippen LogP contribution in [0.25, 0.3) is 0 Å². The van der Waals surface area contributed by atoms with E-state index in [9.17, 15) is 14.5 Å². The summed E-state index contributed by atoms with van der Waals surface area (Å²) in [5, 5.41) is 10.7. The standard InChI is InChI=1S/C7H16NO5P/c1-8(2,3)6(7(9)10)4-5-14(11,12)13/h6H,4-5H2,1-3H3,(H2-,9,10,11,12,13). The molecule has 0 spiro atoms. The van der Waals surface area contributed by atoms with E-state index in [0.717, 1.165) is 0 Å². The van der Waals surface area contributed by atoms with Crippen LogP contribution in [0.3, 0.4) is 0 Å². The average molecular weight is 225 g/mol. The third-order valence-electron chi connectivity index (χ3n) is 1.90. The fraction of sp³-hybridized carbons (Fsp3) is 0.857. The molecule has 0 saturated carbocycles. The van der Waals surface area contributed by atoms with Crippen LogP contribution >= 0.6 is 7.60 Å². The van der Waals surface area contributed by atoms with Crippen LogP contribution in [-0.4, -0.2) is 53.6 Å². The van der Waals surface area contributed by atoms with Gasteiger partial charge in [-0.3, -0.25) is 4.57 Å². The molecule has 1 atom stereocenters. The lowest BCUT2D eigenvalue weighted by molar-refractivity contribution is -0.889. The van der Waals surface area contributed by atoms with Crippen molar-refractivity contribution in [2.24, 2.45) is 0 Å². The van der Waals surface area contributed by atoms with Crippen LogP contribution in [0.15, 0.2) is 0 Å². The normalized spacial score (nSPS) is 15.2. The molecule has 0 radical (unpaired) electrons. The molecule has 0 aliphatic carbocycles. The Morgan fingerprint density at radius 1 is 1.43 bits per heavy atom. The maximum atomic E-state index is 10.7. The van der Waals surface area contributed by atoms with Crippen molar-refractivity contribution in [3.8, 4) is 0 Å². The minimum absolute atomic E-state index is 0.0856. The Hall–Kier alpha value is -0.420. The third-order valence-corrected chi connectivity index (χ3v) is 2.74. The van der Waals surface area contributed by atoms with Crippen LogP contribution in [-0.2, 0) is 9.36 Å². The lowest BCUT2D eigenvalue weighted by Gasteiger charge is -2.34. The number of carboxylic acid groups (broad SMARTS) is 1. The first kappa shape index (κ1) is 13.6. The number of carbonyl (C=O) groups excluding carboxylic acids is 1. The Bertz CT molecular complexity index is 253. The van der Waals surface area contributed by atoms with Gasteiger partial charge in [0, 0.05) is 6.42 Å². The van der Waals surface area contributed by atoms with Gasteiger partial charge in [-0.05, 0) is 0 Å². The summed E-state index contributed by atoms with van der Waals surface area (Å²) in [7, 11) is 0.787. The molecule has 0 heterocycles. The number of aliphatic carboxylic acids is 1. The zero-order valence-electron chi connectivity index (χ0n) is 8.51. The van der Waals surface area contributed by atoms with Gasteiger partial charge in [0.25, 0.3) is 0 Å². The highest BCUT2D eigenvalue weighted by atomic mass is 31.2. The largest absolute Gasteiger partial charge is 0.544 e. The molecular weight excluding hydrogens is 209 g/mol. The van der Waals surface area contributed by atoms with Gasteiger partial charge in [-0.25, -0.2) is 0 Å². The highest BCUT2D eigenvalue weighted by molar-refractivity contribution is 7.51. The van der Waals surface area contributed by atoms with Gasteiger partial charge in [0.2, 0.25) is 0 Å². The lowest BCUT2D eigenvalue weighted by atomic mass is 10.2. The summed E-state index contributed by atoms with van der Waals surface area (Å²) < 4.78 is 10.6. The second kappa shape index (κ2) is 4.40. The van der Waals surface area contributed by atoms with Crippen LogP contribution in [0.1, 0.15) is 6.42 Å². The molecule has 0 saturated heterocycles. The topological polar surface area (TPSA) is 97.7 Å². The maximum absolute atomic E-state index is 10.7. The second-order valence-electron chi connectivity index (χ2n) is 4.13. The Kier molecular flexibility index (Phi) is 4.27. The molecule has 0 aromatic rings. The molecule has 0 aromatic heterocycles. The Balaban J connectivity index is 4.42. The van der Waals surface area contributed by atoms with Crippen molar-refractivity contribution in [3.05, 3.63) is 0 Å². The molecule has 6 nitrogen and oxygen atoms in total. The first-order valence-electron chi connectivity index (χ1n) is 4.10. The summed E-state index contributed by atoms with van der Waals surface area (Å²) in [6, 6.07) is -0.900. The van der Waals surface area contributed by atoms with Crippen LogP contribution in [0.2, 0.25) is 0 Å². The van der Waals surface area contributed by atoms with Crippen molar-refractivity contribution >= 4 is 13.6 Å². The molecule has 0 aromatic carbocycles. The summed E-state index contributed by atoms with van der Waals surface area (Å²) in [5.74, 6) is -1.29. The van der Waals surface area contributed by atoms with E-state index in [-0.39, 0.29) is 10.9 Å². The molecule has 1 unspecified atom stereocenters. The van der Waals surface area contributed by atoms with E-state index in [1.54, 1.807) is 21.1 Å². The number of carbonyl (C=O) groups is 1. The van der Waals surface area contributed by atoms with Gasteiger partial charge in [-0.1, -0.05) is 0 Å². The third kappa shape index (κ3) is 5.34. The Morgan fingerprint density at radius 2 is 1.86 bits per heavy atom. The van der Waals surface area contributed by atoms with Crippen molar-refractivity contribution in [1.29, 1.82) is 0 Å². The summed E-state index contributed by atoms with van der Waals surface area (Å²) >= 11 is 0. The second-order valence-corrected chi connectivity index (χ2v) is 5.90. The van der Waals surface area contributed by atoms with Crippen LogP contribution in [0.4, 0.5) is 0 Å². The van der Waals surface area contributed by atoms with Crippen molar-refractivity contribution in [2.45, 2.75) is 12.5 Å². The molecule has 0 fully saturated rings. The van der Waals surface area contributed by atoms with Crippen molar-refractivity contribution in [2.75, 3.05) is 27.3 Å². The predicted molar refractivity (Wildman–Crippen MR) is 48.4 cm³/mol. The minimum Gasteiger partial charge on any atom is -0.544 e. The van der Waals surface area contributed by atoms with Crippen LogP contribution < -0.4 is 5.11 Å². The number of hydrogen-bond acceptors (Lipinski definition) is 3. The number of hydrogen-bond donors (Lipinski definition) is 2. The number of nitrogens with zero attached hydrogens (tertiary/aromatic N) is 1. The van der Waals surface area contributed by atoms with Crippen molar-refractivity contribution < 1.29 is 28.7 Å². The quantitative estimate of drug-likeness (QED) is 0.433. The summed E-state index contributed by atoms with van der Waals surface area (Å²) in [5.41, 5.74) is 0. The van der Waals surface area contributed by atoms with Gasteiger partial charge in [-0.15, -0.1) is 0 Å². The first-order chi connectivity index (χ1) is 6.04. The molecule has 0 aliphatic heterocycles. The van der Waals surface area contributed by atoms with E-state index < -0.39 is 25.8 Å². The fourth-order valence-corrected chi connectivity index (χ4v) is 1.69. The van der Waals surface area contributed by atoms with E-state index in [1.165, 1.54) is 0 Å². The van der Waals surface area contributed by atoms with E-state index >= 15 is 0 Å². The minimum atomic E-state index is -4.13. The van der Waals surface area contributed by atoms with Crippen molar-refractivity contribution in [1.82, 2.24) is 0 Å². The van der Waals surface area contributed by atoms with Crippen LogP contribution in [0.5, 0.6) is 0 Å². The SMILES string of the molecule is C[N+](C)(C)C(CCP(=O)(O)O)C(=O)[O-]. The van der Waals surface area contributed by atoms with Gasteiger partial charge in [0.15, 0.2) is 0 Å². The molecule has 0 bridgehead atoms. The average Bonchev–Trinajstić information content (AvgIpc) is 1.79. The number of likely N-dealkylation sites (N-methyl/N-ethyl adjacent to an activating group) is 1. The first-order valence-corrected chi connectivity index (χ1v) is 5.90. The lowest BCUT2D eigenvalue weighted by Crippen LogP contribution is -2.55. The highest BCUT2D eigenvalue weighted by Gasteiger charge is 2.27. The molecule has 7 heteroatoms. The van der Waals surface area contributed by atoms with Gasteiger partial charge in [-0.2, -0.15) is 0 Å². The van der Waals surface area contributed by atoms with E-state index in [4.69, 9.17) is 9.79 Å². The molecule has 84 valence electrons. The number of carboxylic acids is 1. The zero-order valence-corrected chi connectivity index (χ0v) is 9.40. The smallest absolute Gasteiger partial charge is 0.325 e. The molecule has 0 amide bonds. The van der Waals surface area contributed by atoms with Crippen LogP contribution in [0, 0.1) is 0 Å². The molecular formula is C7H16NO5P. The highest BCUT2D eigenvalue weighted by Crippen LogP contribution is 2.35. The van der Waals surface area contributed by atoms with E-state index in [0.29, 0.717) is 0 Å². The molecule has 0 aliphatic rings. The monoisotopic (exact) mass is 225 g/mol. The predicted octanol–water partition coefficient (Wildman–Crippen LogP) is -1.62.